The van der Waals surface area contributed by atoms with Crippen LogP contribution >= 0.6 is 0 Å². The molecular weight excluding hydrogens is 210 g/mol. The third kappa shape index (κ3) is 2.75. The van der Waals surface area contributed by atoms with Gasteiger partial charge in [0.15, 0.2) is 0 Å². The van der Waals surface area contributed by atoms with Gasteiger partial charge in [0, 0.05) is 11.9 Å². The minimum absolute atomic E-state index is 0.144. The molecule has 88 valence electrons. The molecule has 1 unspecified atom stereocenters. The van der Waals surface area contributed by atoms with Gasteiger partial charge in [0.25, 0.3) is 0 Å². The summed E-state index contributed by atoms with van der Waals surface area (Å²) in [7, 11) is 0. The molecule has 3 nitrogen and oxygen atoms in total. The second-order valence-electron chi connectivity index (χ2n) is 4.21. The molecule has 0 radical (unpaired) electrons. The predicted octanol–water partition coefficient (Wildman–Crippen LogP) is 3.15. The van der Waals surface area contributed by atoms with Gasteiger partial charge in [-0.05, 0) is 43.2 Å². The van der Waals surface area contributed by atoms with E-state index in [0.717, 1.165) is 17.1 Å². The molecule has 0 amide bonds. The molecule has 0 saturated carbocycles. The zero-order valence-corrected chi connectivity index (χ0v) is 10.1. The largest absolute Gasteiger partial charge is 0.398 e. The molecule has 0 bridgehead atoms. The molecule has 0 saturated heterocycles. The van der Waals surface area contributed by atoms with Crippen molar-refractivity contribution in [2.24, 2.45) is 0 Å². The molecule has 0 spiro atoms. The maximum atomic E-state index is 5.94. The fourth-order valence-electron chi connectivity index (χ4n) is 1.82. The van der Waals surface area contributed by atoms with Gasteiger partial charge >= 0.3 is 0 Å². The van der Waals surface area contributed by atoms with Gasteiger partial charge in [-0.15, -0.1) is 0 Å². The lowest BCUT2D eigenvalue weighted by atomic mass is 10.1. The minimum Gasteiger partial charge on any atom is -0.398 e. The molecule has 3 heteroatoms. The van der Waals surface area contributed by atoms with E-state index in [2.05, 4.69) is 24.1 Å². The topological polar surface area (TPSA) is 50.9 Å². The van der Waals surface area contributed by atoms with E-state index >= 15 is 0 Å². The molecule has 1 heterocycles. The van der Waals surface area contributed by atoms with Crippen LogP contribution in [0.4, 0.5) is 11.5 Å². The zero-order valence-electron chi connectivity index (χ0n) is 10.1. The van der Waals surface area contributed by atoms with Crippen LogP contribution in [0.1, 0.15) is 24.1 Å². The van der Waals surface area contributed by atoms with Crippen molar-refractivity contribution < 1.29 is 0 Å². The highest BCUT2D eigenvalue weighted by Crippen LogP contribution is 2.22. The van der Waals surface area contributed by atoms with E-state index in [-0.39, 0.29) is 6.04 Å². The van der Waals surface area contributed by atoms with Crippen molar-refractivity contribution in [3.05, 3.63) is 53.7 Å². The van der Waals surface area contributed by atoms with Gasteiger partial charge in [0.05, 0.1) is 6.04 Å². The molecule has 1 atom stereocenters. The van der Waals surface area contributed by atoms with Crippen LogP contribution in [0.15, 0.2) is 42.6 Å². The SMILES string of the molecule is Cc1ccnc(NC(C)c2ccccc2N)c1. The molecule has 0 fully saturated rings. The normalized spacial score (nSPS) is 12.1. The predicted molar refractivity (Wildman–Crippen MR) is 71.9 cm³/mol. The van der Waals surface area contributed by atoms with Crippen LogP contribution in [0.2, 0.25) is 0 Å². The van der Waals surface area contributed by atoms with E-state index in [1.807, 2.05) is 36.4 Å². The number of anilines is 2. The fourth-order valence-corrected chi connectivity index (χ4v) is 1.82. The standard InChI is InChI=1S/C14H17N3/c1-10-7-8-16-14(9-10)17-11(2)12-5-3-4-6-13(12)15/h3-9,11H,15H2,1-2H3,(H,16,17). The Balaban J connectivity index is 2.17. The van der Waals surface area contributed by atoms with Crippen molar-refractivity contribution in [1.82, 2.24) is 4.98 Å². The molecule has 3 N–H and O–H groups in total. The number of pyridine rings is 1. The van der Waals surface area contributed by atoms with E-state index in [1.165, 1.54) is 5.56 Å². The van der Waals surface area contributed by atoms with E-state index in [0.29, 0.717) is 0 Å². The minimum atomic E-state index is 0.144. The Hall–Kier alpha value is -2.03. The van der Waals surface area contributed by atoms with E-state index in [1.54, 1.807) is 6.20 Å². The summed E-state index contributed by atoms with van der Waals surface area (Å²) in [6.45, 7) is 4.13. The summed E-state index contributed by atoms with van der Waals surface area (Å²) >= 11 is 0. The van der Waals surface area contributed by atoms with Crippen molar-refractivity contribution in [2.75, 3.05) is 11.1 Å². The number of rotatable bonds is 3. The van der Waals surface area contributed by atoms with Crippen molar-refractivity contribution in [1.29, 1.82) is 0 Å². The van der Waals surface area contributed by atoms with Gasteiger partial charge in [-0.1, -0.05) is 18.2 Å². The molecule has 2 aromatic rings. The monoisotopic (exact) mass is 227 g/mol. The van der Waals surface area contributed by atoms with Crippen molar-refractivity contribution >= 4 is 11.5 Å². The third-order valence-electron chi connectivity index (χ3n) is 2.74. The molecule has 17 heavy (non-hydrogen) atoms. The van der Waals surface area contributed by atoms with E-state index in [4.69, 9.17) is 5.73 Å². The Morgan fingerprint density at radius 1 is 1.24 bits per heavy atom. The number of para-hydroxylation sites is 1. The summed E-state index contributed by atoms with van der Waals surface area (Å²) in [5, 5.41) is 3.35. The van der Waals surface area contributed by atoms with Gasteiger partial charge in [-0.3, -0.25) is 0 Å². The Kier molecular flexibility index (Phi) is 3.28. The van der Waals surface area contributed by atoms with Gasteiger partial charge in [0.2, 0.25) is 0 Å². The second kappa shape index (κ2) is 4.87. The number of nitrogen functional groups attached to an aromatic ring is 1. The molecule has 0 aliphatic heterocycles. The molecule has 1 aromatic carbocycles. The van der Waals surface area contributed by atoms with Crippen LogP contribution in [-0.2, 0) is 0 Å². The second-order valence-corrected chi connectivity index (χ2v) is 4.21. The Morgan fingerprint density at radius 3 is 2.71 bits per heavy atom. The summed E-state index contributed by atoms with van der Waals surface area (Å²) in [5.41, 5.74) is 9.03. The van der Waals surface area contributed by atoms with Gasteiger partial charge in [-0.25, -0.2) is 4.98 Å². The first kappa shape index (κ1) is 11.5. The number of hydrogen-bond acceptors (Lipinski definition) is 3. The number of nitrogens with zero attached hydrogens (tertiary/aromatic N) is 1. The average Bonchev–Trinajstić information content (AvgIpc) is 2.29. The highest BCUT2D eigenvalue weighted by molar-refractivity contribution is 5.51. The number of aryl methyl sites for hydroxylation is 1. The van der Waals surface area contributed by atoms with Crippen LogP contribution < -0.4 is 11.1 Å². The molecule has 0 aliphatic carbocycles. The number of benzene rings is 1. The number of nitrogens with two attached hydrogens (primary N) is 1. The highest BCUT2D eigenvalue weighted by atomic mass is 15.0. The maximum Gasteiger partial charge on any atom is 0.126 e. The number of nitrogens with one attached hydrogen (secondary N) is 1. The first-order chi connectivity index (χ1) is 8.16. The summed E-state index contributed by atoms with van der Waals surface area (Å²) in [6.07, 6.45) is 1.80. The summed E-state index contributed by atoms with van der Waals surface area (Å²) in [4.78, 5) is 4.28. The Bertz CT molecular complexity index is 508. The maximum absolute atomic E-state index is 5.94. The molecule has 2 rings (SSSR count). The lowest BCUT2D eigenvalue weighted by Crippen LogP contribution is -2.10. The van der Waals surface area contributed by atoms with Crippen LogP contribution in [0, 0.1) is 6.92 Å². The first-order valence-corrected chi connectivity index (χ1v) is 5.70. The van der Waals surface area contributed by atoms with Crippen LogP contribution in [0.25, 0.3) is 0 Å². The zero-order chi connectivity index (χ0) is 12.3. The lowest BCUT2D eigenvalue weighted by Gasteiger charge is -2.16. The number of aromatic nitrogens is 1. The number of hydrogen-bond donors (Lipinski definition) is 2. The Morgan fingerprint density at radius 2 is 2.00 bits per heavy atom. The van der Waals surface area contributed by atoms with E-state index < -0.39 is 0 Å². The Labute approximate surface area is 102 Å². The van der Waals surface area contributed by atoms with Gasteiger partial charge < -0.3 is 11.1 Å². The van der Waals surface area contributed by atoms with Crippen molar-refractivity contribution in [3.63, 3.8) is 0 Å². The highest BCUT2D eigenvalue weighted by Gasteiger charge is 2.08. The van der Waals surface area contributed by atoms with Crippen LogP contribution in [0.3, 0.4) is 0 Å². The van der Waals surface area contributed by atoms with Crippen molar-refractivity contribution in [2.45, 2.75) is 19.9 Å². The smallest absolute Gasteiger partial charge is 0.126 e. The third-order valence-corrected chi connectivity index (χ3v) is 2.74. The molecular formula is C14H17N3. The van der Waals surface area contributed by atoms with Gasteiger partial charge in [0.1, 0.15) is 5.82 Å². The van der Waals surface area contributed by atoms with Crippen LogP contribution in [-0.4, -0.2) is 4.98 Å². The van der Waals surface area contributed by atoms with E-state index in [9.17, 15) is 0 Å². The van der Waals surface area contributed by atoms with Crippen molar-refractivity contribution in [3.8, 4) is 0 Å². The summed E-state index contributed by atoms with van der Waals surface area (Å²) in [5.74, 6) is 0.876. The molecule has 1 aromatic heterocycles. The molecule has 0 aliphatic rings. The fraction of sp³-hybridized carbons (Fsp3) is 0.214. The average molecular weight is 227 g/mol. The lowest BCUT2D eigenvalue weighted by molar-refractivity contribution is 0.877. The summed E-state index contributed by atoms with van der Waals surface area (Å²) in [6, 6.07) is 12.0. The first-order valence-electron chi connectivity index (χ1n) is 5.70. The van der Waals surface area contributed by atoms with Gasteiger partial charge in [-0.2, -0.15) is 0 Å². The van der Waals surface area contributed by atoms with Crippen LogP contribution in [0.5, 0.6) is 0 Å². The quantitative estimate of drug-likeness (QED) is 0.792. The summed E-state index contributed by atoms with van der Waals surface area (Å²) < 4.78 is 0.